The Morgan fingerprint density at radius 2 is 2.05 bits per heavy atom. The quantitative estimate of drug-likeness (QED) is 0.861. The molecule has 1 heterocycles. The maximum absolute atomic E-state index is 12.3. The molecular formula is C17H26N2O. The number of para-hydroxylation sites is 1. The molecule has 1 amide bonds. The molecule has 1 aliphatic heterocycles. The number of carbonyl (C=O) groups excluding carboxylic acids is 1. The van der Waals surface area contributed by atoms with Crippen LogP contribution in [0, 0.1) is 11.3 Å². The lowest BCUT2D eigenvalue weighted by molar-refractivity contribution is -0.130. The van der Waals surface area contributed by atoms with Crippen molar-refractivity contribution < 1.29 is 4.79 Å². The molecule has 1 atom stereocenters. The Morgan fingerprint density at radius 1 is 1.35 bits per heavy atom. The monoisotopic (exact) mass is 274 g/mol. The lowest BCUT2D eigenvalue weighted by Gasteiger charge is -2.27. The van der Waals surface area contributed by atoms with Crippen LogP contribution in [0.5, 0.6) is 0 Å². The summed E-state index contributed by atoms with van der Waals surface area (Å²) in [6.45, 7) is 8.60. The summed E-state index contributed by atoms with van der Waals surface area (Å²) in [4.78, 5) is 14.3. The number of amides is 1. The van der Waals surface area contributed by atoms with E-state index in [1.54, 1.807) is 0 Å². The fraction of sp³-hybridized carbons (Fsp3) is 0.588. The zero-order valence-electron chi connectivity index (χ0n) is 12.9. The second-order valence-electron chi connectivity index (χ2n) is 6.89. The van der Waals surface area contributed by atoms with E-state index < -0.39 is 0 Å². The predicted molar refractivity (Wildman–Crippen MR) is 83.3 cm³/mol. The minimum absolute atomic E-state index is 0.264. The number of hydrogen-bond donors (Lipinski definition) is 1. The smallest absolute Gasteiger partial charge is 0.222 e. The van der Waals surface area contributed by atoms with Crippen LogP contribution in [0.4, 0.5) is 5.69 Å². The lowest BCUT2D eigenvalue weighted by atomic mass is 9.80. The Balaban J connectivity index is 1.86. The van der Waals surface area contributed by atoms with Crippen molar-refractivity contribution in [1.29, 1.82) is 0 Å². The van der Waals surface area contributed by atoms with E-state index in [1.165, 1.54) is 0 Å². The van der Waals surface area contributed by atoms with Crippen molar-refractivity contribution >= 4 is 11.6 Å². The van der Waals surface area contributed by atoms with Crippen molar-refractivity contribution in [3.63, 3.8) is 0 Å². The summed E-state index contributed by atoms with van der Waals surface area (Å²) >= 11 is 0. The molecule has 0 aromatic heterocycles. The Labute approximate surface area is 122 Å². The van der Waals surface area contributed by atoms with Gasteiger partial charge in [0.25, 0.3) is 0 Å². The highest BCUT2D eigenvalue weighted by Gasteiger charge is 2.33. The highest BCUT2D eigenvalue weighted by molar-refractivity contribution is 5.77. The van der Waals surface area contributed by atoms with Crippen LogP contribution in [0.3, 0.4) is 0 Å². The number of benzene rings is 1. The number of rotatable bonds is 3. The topological polar surface area (TPSA) is 46.3 Å². The Kier molecular flexibility index (Phi) is 4.36. The molecule has 3 heteroatoms. The third kappa shape index (κ3) is 3.53. The third-order valence-corrected chi connectivity index (χ3v) is 4.43. The molecule has 1 aromatic carbocycles. The van der Waals surface area contributed by atoms with E-state index in [0.29, 0.717) is 17.8 Å². The van der Waals surface area contributed by atoms with Crippen molar-refractivity contribution in [2.24, 2.45) is 11.3 Å². The number of likely N-dealkylation sites (tertiary alicyclic amines) is 1. The van der Waals surface area contributed by atoms with Crippen molar-refractivity contribution in [1.82, 2.24) is 4.90 Å². The lowest BCUT2D eigenvalue weighted by Crippen LogP contribution is -2.31. The van der Waals surface area contributed by atoms with Gasteiger partial charge in [0.15, 0.2) is 0 Å². The van der Waals surface area contributed by atoms with Crippen LogP contribution in [-0.4, -0.2) is 23.9 Å². The third-order valence-electron chi connectivity index (χ3n) is 4.43. The Morgan fingerprint density at radius 3 is 2.65 bits per heavy atom. The van der Waals surface area contributed by atoms with Gasteiger partial charge in [-0.25, -0.2) is 0 Å². The van der Waals surface area contributed by atoms with E-state index in [1.807, 2.05) is 29.2 Å². The summed E-state index contributed by atoms with van der Waals surface area (Å²) in [6.07, 6.45) is 2.43. The molecule has 20 heavy (non-hydrogen) atoms. The molecule has 110 valence electrons. The first-order valence-electron chi connectivity index (χ1n) is 7.49. The van der Waals surface area contributed by atoms with Gasteiger partial charge in [0.1, 0.15) is 0 Å². The van der Waals surface area contributed by atoms with E-state index in [9.17, 15) is 4.79 Å². The number of hydrogen-bond acceptors (Lipinski definition) is 2. The fourth-order valence-electron chi connectivity index (χ4n) is 2.86. The molecule has 1 fully saturated rings. The standard InChI is InChI=1S/C17H26N2O/c1-17(2,3)14-10-11-19(12-14)16(20)9-8-13-6-4-5-7-15(13)18/h4-7,14H,8-12,18H2,1-3H3. The van der Waals surface area contributed by atoms with E-state index in [2.05, 4.69) is 20.8 Å². The van der Waals surface area contributed by atoms with Crippen LogP contribution in [-0.2, 0) is 11.2 Å². The summed E-state index contributed by atoms with van der Waals surface area (Å²) < 4.78 is 0. The molecule has 1 aliphatic rings. The molecule has 0 bridgehead atoms. The van der Waals surface area contributed by atoms with E-state index in [-0.39, 0.29) is 5.91 Å². The van der Waals surface area contributed by atoms with Gasteiger partial charge in [-0.3, -0.25) is 4.79 Å². The number of anilines is 1. The van der Waals surface area contributed by atoms with Crippen molar-refractivity contribution in [3.05, 3.63) is 29.8 Å². The number of aryl methyl sites for hydroxylation is 1. The van der Waals surface area contributed by atoms with Gasteiger partial charge in [0, 0.05) is 25.2 Å². The van der Waals surface area contributed by atoms with Gasteiger partial charge in [-0.15, -0.1) is 0 Å². The maximum Gasteiger partial charge on any atom is 0.222 e. The van der Waals surface area contributed by atoms with E-state index in [4.69, 9.17) is 5.73 Å². The van der Waals surface area contributed by atoms with Crippen LogP contribution < -0.4 is 5.73 Å². The van der Waals surface area contributed by atoms with Gasteiger partial charge in [-0.2, -0.15) is 0 Å². The zero-order chi connectivity index (χ0) is 14.8. The summed E-state index contributed by atoms with van der Waals surface area (Å²) in [5, 5.41) is 0. The maximum atomic E-state index is 12.3. The largest absolute Gasteiger partial charge is 0.399 e. The van der Waals surface area contributed by atoms with Crippen molar-refractivity contribution in [3.8, 4) is 0 Å². The average molecular weight is 274 g/mol. The number of nitrogen functional groups attached to an aromatic ring is 1. The summed E-state index contributed by atoms with van der Waals surface area (Å²) in [5.41, 5.74) is 8.07. The second kappa shape index (κ2) is 5.86. The molecule has 3 nitrogen and oxygen atoms in total. The van der Waals surface area contributed by atoms with Crippen LogP contribution in [0.25, 0.3) is 0 Å². The molecule has 0 radical (unpaired) electrons. The van der Waals surface area contributed by atoms with Gasteiger partial charge in [-0.05, 0) is 35.8 Å². The number of carbonyl (C=O) groups is 1. The second-order valence-corrected chi connectivity index (χ2v) is 6.89. The van der Waals surface area contributed by atoms with Crippen LogP contribution in [0.1, 0.15) is 39.2 Å². The Bertz CT molecular complexity index is 476. The Hall–Kier alpha value is -1.51. The average Bonchev–Trinajstić information content (AvgIpc) is 2.87. The van der Waals surface area contributed by atoms with Gasteiger partial charge in [0.2, 0.25) is 5.91 Å². The molecule has 1 unspecified atom stereocenters. The fourth-order valence-corrected chi connectivity index (χ4v) is 2.86. The summed E-state index contributed by atoms with van der Waals surface area (Å²) in [5.74, 6) is 0.883. The van der Waals surface area contributed by atoms with Gasteiger partial charge < -0.3 is 10.6 Å². The van der Waals surface area contributed by atoms with Crippen LogP contribution in [0.2, 0.25) is 0 Å². The van der Waals surface area contributed by atoms with E-state index in [0.717, 1.165) is 37.2 Å². The number of nitrogens with two attached hydrogens (primary N) is 1. The first-order chi connectivity index (χ1) is 9.38. The van der Waals surface area contributed by atoms with Gasteiger partial charge >= 0.3 is 0 Å². The van der Waals surface area contributed by atoms with Gasteiger partial charge in [-0.1, -0.05) is 39.0 Å². The predicted octanol–water partition coefficient (Wildman–Crippen LogP) is 3.10. The zero-order valence-corrected chi connectivity index (χ0v) is 12.9. The van der Waals surface area contributed by atoms with Crippen molar-refractivity contribution in [2.75, 3.05) is 18.8 Å². The first kappa shape index (κ1) is 14.9. The van der Waals surface area contributed by atoms with Crippen molar-refractivity contribution in [2.45, 2.75) is 40.0 Å². The normalized spacial score (nSPS) is 19.4. The summed E-state index contributed by atoms with van der Waals surface area (Å²) in [7, 11) is 0. The molecule has 2 N–H and O–H groups in total. The van der Waals surface area contributed by atoms with Crippen LogP contribution >= 0.6 is 0 Å². The minimum Gasteiger partial charge on any atom is -0.399 e. The molecule has 0 aliphatic carbocycles. The molecule has 2 rings (SSSR count). The minimum atomic E-state index is 0.264. The highest BCUT2D eigenvalue weighted by Crippen LogP contribution is 2.33. The molecule has 1 saturated heterocycles. The summed E-state index contributed by atoms with van der Waals surface area (Å²) in [6, 6.07) is 7.80. The van der Waals surface area contributed by atoms with Crippen LogP contribution in [0.15, 0.2) is 24.3 Å². The first-order valence-corrected chi connectivity index (χ1v) is 7.49. The molecule has 0 saturated carbocycles. The SMILES string of the molecule is CC(C)(C)C1CCN(C(=O)CCc2ccccc2N)C1. The molecule has 1 aromatic rings. The van der Waals surface area contributed by atoms with Gasteiger partial charge in [0.05, 0.1) is 0 Å². The highest BCUT2D eigenvalue weighted by atomic mass is 16.2. The van der Waals surface area contributed by atoms with E-state index >= 15 is 0 Å². The number of nitrogens with zero attached hydrogens (tertiary/aromatic N) is 1. The molecular weight excluding hydrogens is 248 g/mol. The molecule has 0 spiro atoms.